The van der Waals surface area contributed by atoms with Crippen LogP contribution >= 0.6 is 0 Å². The minimum Gasteiger partial charge on any atom is -0.332 e. The molecule has 2 rings (SSSR count). The quantitative estimate of drug-likeness (QED) is 0.666. The topological polar surface area (TPSA) is 97.2 Å². The average molecular weight is 286 g/mol. The van der Waals surface area contributed by atoms with Crippen LogP contribution in [0.25, 0.3) is 0 Å². The minimum atomic E-state index is -0.474. The van der Waals surface area contributed by atoms with Crippen LogP contribution in [0.15, 0.2) is 42.6 Å². The Morgan fingerprint density at radius 3 is 2.76 bits per heavy atom. The molecule has 2 amide bonds. The molecule has 0 radical (unpaired) electrons. The molecule has 0 fully saturated rings. The number of pyridine rings is 1. The number of aryl methyl sites for hydroxylation is 1. The summed E-state index contributed by atoms with van der Waals surface area (Å²) in [6.07, 6.45) is 1.65. The van der Waals surface area contributed by atoms with Crippen molar-refractivity contribution in [3.63, 3.8) is 0 Å². The highest BCUT2D eigenvalue weighted by molar-refractivity contribution is 5.90. The number of nitro benzene ring substituents is 1. The Labute approximate surface area is 121 Å². The number of nitro groups is 1. The maximum atomic E-state index is 11.8. The number of hydrogen-bond donors (Lipinski definition) is 2. The number of benzene rings is 1. The Balaban J connectivity index is 1.95. The monoisotopic (exact) mass is 286 g/mol. The van der Waals surface area contributed by atoms with Crippen molar-refractivity contribution >= 4 is 17.4 Å². The molecule has 0 spiro atoms. The summed E-state index contributed by atoms with van der Waals surface area (Å²) in [7, 11) is 0. The van der Waals surface area contributed by atoms with Crippen LogP contribution in [0.2, 0.25) is 0 Å². The van der Waals surface area contributed by atoms with E-state index in [-0.39, 0.29) is 5.69 Å². The van der Waals surface area contributed by atoms with Gasteiger partial charge in [0.15, 0.2) is 0 Å². The van der Waals surface area contributed by atoms with Crippen molar-refractivity contribution < 1.29 is 9.72 Å². The number of nitrogens with zero attached hydrogens (tertiary/aromatic N) is 2. The highest BCUT2D eigenvalue weighted by Crippen LogP contribution is 2.20. The van der Waals surface area contributed by atoms with Gasteiger partial charge in [0.1, 0.15) is 0 Å². The van der Waals surface area contributed by atoms with Crippen LogP contribution in [-0.4, -0.2) is 15.9 Å². The largest absolute Gasteiger partial charge is 0.332 e. The summed E-state index contributed by atoms with van der Waals surface area (Å²) in [5.41, 5.74) is 1.89. The number of non-ortho nitro benzene ring substituents is 1. The summed E-state index contributed by atoms with van der Waals surface area (Å²) < 4.78 is 0. The number of amides is 2. The Bertz CT molecular complexity index is 659. The fourth-order valence-corrected chi connectivity index (χ4v) is 1.74. The molecule has 2 aromatic rings. The number of anilines is 1. The van der Waals surface area contributed by atoms with Gasteiger partial charge < -0.3 is 10.6 Å². The van der Waals surface area contributed by atoms with Crippen LogP contribution in [0.5, 0.6) is 0 Å². The maximum Gasteiger partial charge on any atom is 0.319 e. The normalized spacial score (nSPS) is 9.95. The van der Waals surface area contributed by atoms with E-state index in [1.165, 1.54) is 18.2 Å². The van der Waals surface area contributed by atoms with E-state index in [1.807, 2.05) is 6.07 Å². The van der Waals surface area contributed by atoms with Gasteiger partial charge in [-0.25, -0.2) is 4.79 Å². The molecular formula is C14H14N4O3. The van der Waals surface area contributed by atoms with E-state index in [0.29, 0.717) is 17.8 Å². The zero-order valence-electron chi connectivity index (χ0n) is 11.4. The molecule has 0 unspecified atom stereocenters. The van der Waals surface area contributed by atoms with Crippen molar-refractivity contribution in [3.05, 3.63) is 64.0 Å². The molecule has 7 nitrogen and oxygen atoms in total. The summed E-state index contributed by atoms with van der Waals surface area (Å²) in [6.45, 7) is 2.00. The summed E-state index contributed by atoms with van der Waals surface area (Å²) in [5, 5.41) is 16.0. The molecule has 1 aromatic carbocycles. The van der Waals surface area contributed by atoms with Crippen LogP contribution in [-0.2, 0) is 6.54 Å². The Morgan fingerprint density at radius 1 is 1.33 bits per heavy atom. The third kappa shape index (κ3) is 4.00. The lowest BCUT2D eigenvalue weighted by Gasteiger charge is -2.09. The molecule has 0 aliphatic rings. The van der Waals surface area contributed by atoms with Gasteiger partial charge in [-0.1, -0.05) is 6.07 Å². The fraction of sp³-hybridized carbons (Fsp3) is 0.143. The van der Waals surface area contributed by atoms with E-state index in [0.717, 1.165) is 5.69 Å². The van der Waals surface area contributed by atoms with Crippen molar-refractivity contribution in [2.24, 2.45) is 0 Å². The van der Waals surface area contributed by atoms with Gasteiger partial charge >= 0.3 is 6.03 Å². The Kier molecular flexibility index (Phi) is 4.45. The number of carbonyl (C=O) groups is 1. The smallest absolute Gasteiger partial charge is 0.319 e. The van der Waals surface area contributed by atoms with Crippen LogP contribution in [0, 0.1) is 17.0 Å². The minimum absolute atomic E-state index is 0.00746. The SMILES string of the molecule is Cc1cc([N+](=O)[O-])ccc1NC(=O)NCc1ccccn1. The van der Waals surface area contributed by atoms with E-state index >= 15 is 0 Å². The molecule has 108 valence electrons. The van der Waals surface area contributed by atoms with Crippen molar-refractivity contribution in [3.8, 4) is 0 Å². The number of rotatable bonds is 4. The standard InChI is InChI=1S/C14H14N4O3/c1-10-8-12(18(20)21)5-6-13(10)17-14(19)16-9-11-4-2-3-7-15-11/h2-8H,9H2,1H3,(H2,16,17,19). The fourth-order valence-electron chi connectivity index (χ4n) is 1.74. The van der Waals surface area contributed by atoms with E-state index < -0.39 is 11.0 Å². The van der Waals surface area contributed by atoms with E-state index in [4.69, 9.17) is 0 Å². The van der Waals surface area contributed by atoms with Gasteiger partial charge in [0.2, 0.25) is 0 Å². The number of urea groups is 1. The molecule has 21 heavy (non-hydrogen) atoms. The first kappa shape index (κ1) is 14.4. The molecule has 2 N–H and O–H groups in total. The van der Waals surface area contributed by atoms with Crippen LogP contribution < -0.4 is 10.6 Å². The van der Waals surface area contributed by atoms with Crippen molar-refractivity contribution in [1.82, 2.24) is 10.3 Å². The molecule has 0 atom stereocenters. The van der Waals surface area contributed by atoms with Gasteiger partial charge in [0.25, 0.3) is 5.69 Å². The van der Waals surface area contributed by atoms with Gasteiger partial charge in [0.05, 0.1) is 17.2 Å². The third-order valence-corrected chi connectivity index (χ3v) is 2.83. The number of hydrogen-bond acceptors (Lipinski definition) is 4. The van der Waals surface area contributed by atoms with E-state index in [9.17, 15) is 14.9 Å². The zero-order chi connectivity index (χ0) is 15.2. The van der Waals surface area contributed by atoms with Crippen molar-refractivity contribution in [2.45, 2.75) is 13.5 Å². The van der Waals surface area contributed by atoms with Crippen LogP contribution in [0.1, 0.15) is 11.3 Å². The summed E-state index contributed by atoms with van der Waals surface area (Å²) in [5.74, 6) is 0. The Morgan fingerprint density at radius 2 is 2.14 bits per heavy atom. The van der Waals surface area contributed by atoms with E-state index in [2.05, 4.69) is 15.6 Å². The van der Waals surface area contributed by atoms with Crippen molar-refractivity contribution in [2.75, 3.05) is 5.32 Å². The second-order valence-corrected chi connectivity index (χ2v) is 4.39. The number of nitrogens with one attached hydrogen (secondary N) is 2. The van der Waals surface area contributed by atoms with Gasteiger partial charge in [-0.15, -0.1) is 0 Å². The number of aromatic nitrogens is 1. The van der Waals surface area contributed by atoms with Gasteiger partial charge in [0, 0.05) is 24.0 Å². The number of carbonyl (C=O) groups excluding carboxylic acids is 1. The zero-order valence-corrected chi connectivity index (χ0v) is 11.4. The molecule has 0 saturated carbocycles. The predicted molar refractivity (Wildman–Crippen MR) is 77.9 cm³/mol. The van der Waals surface area contributed by atoms with E-state index in [1.54, 1.807) is 25.3 Å². The second-order valence-electron chi connectivity index (χ2n) is 4.39. The molecular weight excluding hydrogens is 272 g/mol. The lowest BCUT2D eigenvalue weighted by atomic mass is 10.2. The molecule has 1 heterocycles. The first-order valence-corrected chi connectivity index (χ1v) is 6.26. The lowest BCUT2D eigenvalue weighted by Crippen LogP contribution is -2.28. The third-order valence-electron chi connectivity index (χ3n) is 2.83. The summed E-state index contributed by atoms with van der Waals surface area (Å²) in [4.78, 5) is 26.0. The summed E-state index contributed by atoms with van der Waals surface area (Å²) in [6, 6.07) is 9.31. The van der Waals surface area contributed by atoms with Gasteiger partial charge in [-0.2, -0.15) is 0 Å². The first-order valence-electron chi connectivity index (χ1n) is 6.26. The van der Waals surface area contributed by atoms with Crippen LogP contribution in [0.4, 0.5) is 16.2 Å². The molecule has 7 heteroatoms. The average Bonchev–Trinajstić information content (AvgIpc) is 2.48. The van der Waals surface area contributed by atoms with Gasteiger partial charge in [-0.05, 0) is 30.7 Å². The maximum absolute atomic E-state index is 11.8. The van der Waals surface area contributed by atoms with Gasteiger partial charge in [-0.3, -0.25) is 15.1 Å². The second kappa shape index (κ2) is 6.47. The molecule has 0 bridgehead atoms. The lowest BCUT2D eigenvalue weighted by molar-refractivity contribution is -0.384. The molecule has 0 aliphatic heterocycles. The highest BCUT2D eigenvalue weighted by atomic mass is 16.6. The van der Waals surface area contributed by atoms with Crippen LogP contribution in [0.3, 0.4) is 0 Å². The first-order chi connectivity index (χ1) is 10.1. The summed E-state index contributed by atoms with van der Waals surface area (Å²) >= 11 is 0. The predicted octanol–water partition coefficient (Wildman–Crippen LogP) is 2.62. The molecule has 1 aromatic heterocycles. The molecule has 0 aliphatic carbocycles. The Hall–Kier alpha value is -2.96. The highest BCUT2D eigenvalue weighted by Gasteiger charge is 2.10. The molecule has 0 saturated heterocycles. The van der Waals surface area contributed by atoms with Crippen molar-refractivity contribution in [1.29, 1.82) is 0 Å².